The maximum absolute atomic E-state index is 5.95. The van der Waals surface area contributed by atoms with Gasteiger partial charge in [0.25, 0.3) is 0 Å². The number of anilines is 1. The fraction of sp³-hybridized carbons (Fsp3) is 0.150. The Morgan fingerprint density at radius 2 is 1.80 bits per heavy atom. The van der Waals surface area contributed by atoms with E-state index in [9.17, 15) is 0 Å². The Kier molecular flexibility index (Phi) is 5.74. The van der Waals surface area contributed by atoms with Crippen LogP contribution in [-0.4, -0.2) is 10.0 Å². The lowest BCUT2D eigenvalue weighted by atomic mass is 10.1. The molecule has 1 aromatic heterocycles. The molecule has 0 aliphatic heterocycles. The van der Waals surface area contributed by atoms with Crippen molar-refractivity contribution < 1.29 is 4.42 Å². The van der Waals surface area contributed by atoms with Gasteiger partial charge in [-0.25, -0.2) is 0 Å². The SMILES string of the molecule is Cc1ccccc1CN(Cc1ccco1)C(=S)Nc1ccc(Cl)cc1. The Hall–Kier alpha value is -2.30. The van der Waals surface area contributed by atoms with Crippen LogP contribution in [0, 0.1) is 6.92 Å². The fourth-order valence-electron chi connectivity index (χ4n) is 2.52. The minimum absolute atomic E-state index is 0.598. The minimum atomic E-state index is 0.598. The number of benzene rings is 2. The first kappa shape index (κ1) is 17.5. The number of thiocarbonyl (C=S) groups is 1. The molecular formula is C20H19ClN2OS. The summed E-state index contributed by atoms with van der Waals surface area (Å²) in [5, 5.41) is 4.62. The number of furan rings is 1. The molecule has 0 spiro atoms. The van der Waals surface area contributed by atoms with Gasteiger partial charge in [-0.15, -0.1) is 0 Å². The molecular weight excluding hydrogens is 352 g/mol. The van der Waals surface area contributed by atoms with E-state index in [0.717, 1.165) is 11.4 Å². The van der Waals surface area contributed by atoms with Gasteiger partial charge in [0.2, 0.25) is 0 Å². The Morgan fingerprint density at radius 1 is 1.04 bits per heavy atom. The molecule has 3 aromatic rings. The summed E-state index contributed by atoms with van der Waals surface area (Å²) in [4.78, 5) is 2.09. The van der Waals surface area contributed by atoms with Crippen molar-refractivity contribution in [2.75, 3.05) is 5.32 Å². The first-order valence-electron chi connectivity index (χ1n) is 8.00. The zero-order valence-electron chi connectivity index (χ0n) is 13.9. The number of hydrogen-bond donors (Lipinski definition) is 1. The van der Waals surface area contributed by atoms with Crippen molar-refractivity contribution in [3.05, 3.63) is 88.8 Å². The summed E-state index contributed by atoms with van der Waals surface area (Å²) in [6, 6.07) is 19.7. The van der Waals surface area contributed by atoms with Gasteiger partial charge >= 0.3 is 0 Å². The normalized spacial score (nSPS) is 10.5. The number of halogens is 1. The van der Waals surface area contributed by atoms with Gasteiger partial charge in [0.05, 0.1) is 12.8 Å². The largest absolute Gasteiger partial charge is 0.467 e. The molecule has 0 atom stereocenters. The Balaban J connectivity index is 1.78. The fourth-order valence-corrected chi connectivity index (χ4v) is 2.89. The third kappa shape index (κ3) is 4.84. The summed E-state index contributed by atoms with van der Waals surface area (Å²) in [5.74, 6) is 0.869. The lowest BCUT2D eigenvalue weighted by molar-refractivity contribution is 0.359. The van der Waals surface area contributed by atoms with E-state index in [4.69, 9.17) is 28.2 Å². The van der Waals surface area contributed by atoms with E-state index in [1.807, 2.05) is 48.5 Å². The molecule has 25 heavy (non-hydrogen) atoms. The second kappa shape index (κ2) is 8.19. The number of hydrogen-bond acceptors (Lipinski definition) is 2. The van der Waals surface area contributed by atoms with Gasteiger partial charge in [0.1, 0.15) is 5.76 Å². The predicted molar refractivity (Wildman–Crippen MR) is 107 cm³/mol. The topological polar surface area (TPSA) is 28.4 Å². The molecule has 3 rings (SSSR count). The molecule has 1 heterocycles. The molecule has 0 saturated heterocycles. The Labute approximate surface area is 158 Å². The van der Waals surface area contributed by atoms with Crippen molar-refractivity contribution in [3.8, 4) is 0 Å². The highest BCUT2D eigenvalue weighted by Gasteiger charge is 2.14. The summed E-state index contributed by atoms with van der Waals surface area (Å²) < 4.78 is 5.50. The zero-order valence-corrected chi connectivity index (χ0v) is 15.5. The van der Waals surface area contributed by atoms with E-state index in [0.29, 0.717) is 23.2 Å². The van der Waals surface area contributed by atoms with E-state index in [-0.39, 0.29) is 0 Å². The second-order valence-electron chi connectivity index (χ2n) is 5.80. The molecule has 5 heteroatoms. The maximum atomic E-state index is 5.95. The van der Waals surface area contributed by atoms with E-state index >= 15 is 0 Å². The van der Waals surface area contributed by atoms with Gasteiger partial charge in [-0.3, -0.25) is 0 Å². The molecule has 0 unspecified atom stereocenters. The number of aryl methyl sites for hydroxylation is 1. The molecule has 128 valence electrons. The van der Waals surface area contributed by atoms with E-state index in [2.05, 4.69) is 29.3 Å². The van der Waals surface area contributed by atoms with Crippen molar-refractivity contribution >= 4 is 34.6 Å². The lowest BCUT2D eigenvalue weighted by Crippen LogP contribution is -2.33. The van der Waals surface area contributed by atoms with Crippen molar-refractivity contribution in [3.63, 3.8) is 0 Å². The Bertz CT molecular complexity index is 831. The molecule has 0 fully saturated rings. The van der Waals surface area contributed by atoms with Crippen LogP contribution in [0.25, 0.3) is 0 Å². The average Bonchev–Trinajstić information content (AvgIpc) is 3.11. The van der Waals surface area contributed by atoms with Crippen LogP contribution in [-0.2, 0) is 13.1 Å². The highest BCUT2D eigenvalue weighted by molar-refractivity contribution is 7.80. The van der Waals surface area contributed by atoms with Crippen molar-refractivity contribution in [2.24, 2.45) is 0 Å². The van der Waals surface area contributed by atoms with Gasteiger partial charge in [0.15, 0.2) is 5.11 Å². The first-order valence-corrected chi connectivity index (χ1v) is 8.79. The van der Waals surface area contributed by atoms with Crippen molar-refractivity contribution in [1.29, 1.82) is 0 Å². The van der Waals surface area contributed by atoms with Crippen LogP contribution in [0.1, 0.15) is 16.9 Å². The molecule has 0 radical (unpaired) electrons. The molecule has 0 saturated carbocycles. The van der Waals surface area contributed by atoms with Crippen molar-refractivity contribution in [1.82, 2.24) is 4.90 Å². The van der Waals surface area contributed by atoms with Crippen LogP contribution in [0.5, 0.6) is 0 Å². The summed E-state index contributed by atoms with van der Waals surface area (Å²) >= 11 is 11.6. The second-order valence-corrected chi connectivity index (χ2v) is 6.62. The van der Waals surface area contributed by atoms with Crippen LogP contribution in [0.4, 0.5) is 5.69 Å². The van der Waals surface area contributed by atoms with Crippen LogP contribution in [0.3, 0.4) is 0 Å². The van der Waals surface area contributed by atoms with Crippen LogP contribution in [0.15, 0.2) is 71.3 Å². The summed E-state index contributed by atoms with van der Waals surface area (Å²) in [5.41, 5.74) is 3.37. The molecule has 0 bridgehead atoms. The molecule has 2 aromatic carbocycles. The van der Waals surface area contributed by atoms with Crippen LogP contribution in [0.2, 0.25) is 5.02 Å². The van der Waals surface area contributed by atoms with E-state index < -0.39 is 0 Å². The summed E-state index contributed by atoms with van der Waals surface area (Å²) in [7, 11) is 0. The molecule has 0 amide bonds. The quantitative estimate of drug-likeness (QED) is 0.588. The van der Waals surface area contributed by atoms with Gasteiger partial charge in [-0.05, 0) is 66.7 Å². The molecule has 3 nitrogen and oxygen atoms in total. The predicted octanol–water partition coefficient (Wildman–Crippen LogP) is 5.64. The van der Waals surface area contributed by atoms with Gasteiger partial charge in [-0.1, -0.05) is 35.9 Å². The van der Waals surface area contributed by atoms with Gasteiger partial charge < -0.3 is 14.6 Å². The lowest BCUT2D eigenvalue weighted by Gasteiger charge is -2.26. The number of nitrogens with zero attached hydrogens (tertiary/aromatic N) is 1. The van der Waals surface area contributed by atoms with Crippen molar-refractivity contribution in [2.45, 2.75) is 20.0 Å². The van der Waals surface area contributed by atoms with Crippen LogP contribution >= 0.6 is 23.8 Å². The standard InChI is InChI=1S/C20H19ClN2OS/c1-15-5-2-3-6-16(15)13-23(14-19-7-4-12-24-19)20(25)22-18-10-8-17(21)9-11-18/h2-12H,13-14H2,1H3,(H,22,25). The third-order valence-corrected chi connectivity index (χ3v) is 4.54. The molecule has 0 aliphatic carbocycles. The molecule has 0 aliphatic rings. The van der Waals surface area contributed by atoms with Crippen LogP contribution < -0.4 is 5.32 Å². The highest BCUT2D eigenvalue weighted by atomic mass is 35.5. The van der Waals surface area contributed by atoms with E-state index in [1.165, 1.54) is 11.1 Å². The van der Waals surface area contributed by atoms with Gasteiger partial charge in [-0.2, -0.15) is 0 Å². The van der Waals surface area contributed by atoms with E-state index in [1.54, 1.807) is 6.26 Å². The number of nitrogens with one attached hydrogen (secondary N) is 1. The monoisotopic (exact) mass is 370 g/mol. The minimum Gasteiger partial charge on any atom is -0.467 e. The number of rotatable bonds is 5. The summed E-state index contributed by atoms with van der Waals surface area (Å²) in [6.07, 6.45) is 1.68. The summed E-state index contributed by atoms with van der Waals surface area (Å²) in [6.45, 7) is 3.41. The third-order valence-electron chi connectivity index (χ3n) is 3.93. The maximum Gasteiger partial charge on any atom is 0.174 e. The Morgan fingerprint density at radius 3 is 2.48 bits per heavy atom. The smallest absolute Gasteiger partial charge is 0.174 e. The molecule has 1 N–H and O–H groups in total. The van der Waals surface area contributed by atoms with Gasteiger partial charge in [0, 0.05) is 17.3 Å². The average molecular weight is 371 g/mol. The first-order chi connectivity index (χ1) is 12.1. The highest BCUT2D eigenvalue weighted by Crippen LogP contribution is 2.18. The zero-order chi connectivity index (χ0) is 17.6.